The number of likely N-dealkylation sites (tertiary alicyclic amines) is 1. The van der Waals surface area contributed by atoms with Crippen molar-refractivity contribution >= 4 is 17.8 Å². The maximum atomic E-state index is 13.6. The van der Waals surface area contributed by atoms with E-state index in [1.807, 2.05) is 17.0 Å². The van der Waals surface area contributed by atoms with Crippen LogP contribution in [0.2, 0.25) is 0 Å². The number of carbonyl (C=O) groups is 3. The van der Waals surface area contributed by atoms with Crippen molar-refractivity contribution in [1.29, 1.82) is 0 Å². The van der Waals surface area contributed by atoms with Gasteiger partial charge >= 0.3 is 5.97 Å². The van der Waals surface area contributed by atoms with Gasteiger partial charge in [0.1, 0.15) is 5.75 Å². The molecule has 1 aromatic carbocycles. The molecule has 1 N–H and O–H groups in total. The highest BCUT2D eigenvalue weighted by molar-refractivity contribution is 5.79. The molecule has 2 aliphatic heterocycles. The molecular weight excluding hydrogens is 496 g/mol. The van der Waals surface area contributed by atoms with E-state index in [0.717, 1.165) is 68.6 Å². The zero-order chi connectivity index (χ0) is 28.5. The number of amides is 2. The lowest BCUT2D eigenvalue weighted by atomic mass is 9.83. The van der Waals surface area contributed by atoms with Gasteiger partial charge in [-0.2, -0.15) is 0 Å². The molecule has 218 valence electrons. The molecule has 0 spiro atoms. The summed E-state index contributed by atoms with van der Waals surface area (Å²) in [6.07, 6.45) is 5.25. The Bertz CT molecular complexity index is 984. The van der Waals surface area contributed by atoms with Crippen molar-refractivity contribution in [1.82, 2.24) is 19.6 Å². The van der Waals surface area contributed by atoms with Crippen molar-refractivity contribution in [2.45, 2.75) is 64.3 Å². The van der Waals surface area contributed by atoms with Crippen LogP contribution in [0.5, 0.6) is 5.75 Å². The first-order valence-corrected chi connectivity index (χ1v) is 14.5. The van der Waals surface area contributed by atoms with Crippen molar-refractivity contribution in [3.8, 4) is 5.75 Å². The van der Waals surface area contributed by atoms with Crippen LogP contribution in [0.4, 0.5) is 0 Å². The average Bonchev–Trinajstić information content (AvgIpc) is 3.50. The van der Waals surface area contributed by atoms with E-state index in [0.29, 0.717) is 26.1 Å². The summed E-state index contributed by atoms with van der Waals surface area (Å²) in [5.41, 5.74) is 2.10. The van der Waals surface area contributed by atoms with E-state index in [-0.39, 0.29) is 30.3 Å². The molecule has 9 nitrogen and oxygen atoms in total. The van der Waals surface area contributed by atoms with Crippen LogP contribution in [0, 0.1) is 5.92 Å². The van der Waals surface area contributed by atoms with Crippen LogP contribution >= 0.6 is 0 Å². The molecule has 3 atom stereocenters. The van der Waals surface area contributed by atoms with Gasteiger partial charge in [0.05, 0.1) is 19.1 Å². The molecule has 0 aromatic heterocycles. The fraction of sp³-hybridized carbons (Fsp3) is 0.700. The van der Waals surface area contributed by atoms with E-state index in [4.69, 9.17) is 4.74 Å². The molecule has 0 bridgehead atoms. The second kappa shape index (κ2) is 14.7. The molecule has 2 heterocycles. The minimum atomic E-state index is -0.853. The van der Waals surface area contributed by atoms with E-state index in [1.165, 1.54) is 6.92 Å². The number of benzene rings is 1. The Labute approximate surface area is 234 Å². The summed E-state index contributed by atoms with van der Waals surface area (Å²) < 4.78 is 5.67. The molecular formula is C30H48N4O5. The van der Waals surface area contributed by atoms with Crippen molar-refractivity contribution in [2.75, 3.05) is 67.0 Å². The zero-order valence-corrected chi connectivity index (χ0v) is 24.5. The third kappa shape index (κ3) is 8.42. The summed E-state index contributed by atoms with van der Waals surface area (Å²) in [6.45, 7) is 7.86. The first-order chi connectivity index (χ1) is 18.6. The largest absolute Gasteiger partial charge is 0.493 e. The van der Waals surface area contributed by atoms with E-state index in [9.17, 15) is 19.5 Å². The molecule has 1 fully saturated rings. The fourth-order valence-electron chi connectivity index (χ4n) is 5.83. The van der Waals surface area contributed by atoms with Crippen LogP contribution in [0.3, 0.4) is 0 Å². The van der Waals surface area contributed by atoms with Gasteiger partial charge in [-0.25, -0.2) is 0 Å². The van der Waals surface area contributed by atoms with Crippen LogP contribution in [-0.4, -0.2) is 116 Å². The summed E-state index contributed by atoms with van der Waals surface area (Å²) in [5.74, 6) is -0.878. The predicted octanol–water partition coefficient (Wildman–Crippen LogP) is 2.93. The highest BCUT2D eigenvalue weighted by Gasteiger charge is 2.47. The lowest BCUT2D eigenvalue weighted by molar-refractivity contribution is -0.144. The second-order valence-corrected chi connectivity index (χ2v) is 11.4. The molecule has 0 saturated carbocycles. The number of hydrogen-bond acceptors (Lipinski definition) is 6. The van der Waals surface area contributed by atoms with E-state index in [2.05, 4.69) is 36.9 Å². The average molecular weight is 545 g/mol. The quantitative estimate of drug-likeness (QED) is 0.340. The number of fused-ring (bicyclic) bond motifs is 1. The number of hydrogen-bond donors (Lipinski definition) is 1. The van der Waals surface area contributed by atoms with E-state index in [1.54, 1.807) is 11.9 Å². The predicted molar refractivity (Wildman–Crippen MR) is 152 cm³/mol. The Morgan fingerprint density at radius 2 is 1.77 bits per heavy atom. The lowest BCUT2D eigenvalue weighted by Gasteiger charge is -2.30. The molecule has 1 saturated heterocycles. The van der Waals surface area contributed by atoms with Crippen molar-refractivity contribution < 1.29 is 24.2 Å². The number of nitrogens with zero attached hydrogens (tertiary/aromatic N) is 4. The first kappa shape index (κ1) is 30.9. The number of aliphatic carboxylic acids is 1. The molecule has 1 aromatic rings. The molecule has 0 radical (unpaired) electrons. The van der Waals surface area contributed by atoms with E-state index < -0.39 is 11.9 Å². The van der Waals surface area contributed by atoms with Crippen LogP contribution in [0.15, 0.2) is 18.2 Å². The SMILES string of the molecule is CCCCN(CCCCN(C)C)C(=O)CN1C[C@H](c2ccc3c(c2)CCO3)C(C(=O)O)[C@@H]1CCN(C)C(C)=O. The van der Waals surface area contributed by atoms with Gasteiger partial charge in [-0.05, 0) is 63.5 Å². The van der Waals surface area contributed by atoms with Gasteiger partial charge in [0.15, 0.2) is 0 Å². The minimum Gasteiger partial charge on any atom is -0.493 e. The highest BCUT2D eigenvalue weighted by Crippen LogP contribution is 2.41. The molecule has 2 amide bonds. The number of carboxylic acid groups (broad SMARTS) is 1. The monoisotopic (exact) mass is 544 g/mol. The van der Waals surface area contributed by atoms with Crippen molar-refractivity contribution in [3.63, 3.8) is 0 Å². The Hall–Kier alpha value is -2.65. The van der Waals surface area contributed by atoms with Crippen molar-refractivity contribution in [3.05, 3.63) is 29.3 Å². The highest BCUT2D eigenvalue weighted by atomic mass is 16.5. The van der Waals surface area contributed by atoms with Gasteiger partial charge in [-0.15, -0.1) is 0 Å². The molecule has 39 heavy (non-hydrogen) atoms. The van der Waals surface area contributed by atoms with Crippen LogP contribution < -0.4 is 4.74 Å². The maximum Gasteiger partial charge on any atom is 0.308 e. The normalized spacial score (nSPS) is 20.6. The Morgan fingerprint density at radius 1 is 1.05 bits per heavy atom. The molecule has 9 heteroatoms. The lowest BCUT2D eigenvalue weighted by Crippen LogP contribution is -2.45. The Kier molecular flexibility index (Phi) is 11.6. The third-order valence-electron chi connectivity index (χ3n) is 8.23. The number of carbonyl (C=O) groups excluding carboxylic acids is 2. The fourth-order valence-corrected chi connectivity index (χ4v) is 5.83. The van der Waals surface area contributed by atoms with Gasteiger partial charge in [0.25, 0.3) is 0 Å². The first-order valence-electron chi connectivity index (χ1n) is 14.5. The molecule has 2 aliphatic rings. The second-order valence-electron chi connectivity index (χ2n) is 11.4. The molecule has 0 aliphatic carbocycles. The smallest absolute Gasteiger partial charge is 0.308 e. The molecule has 3 rings (SSSR count). The van der Waals surface area contributed by atoms with E-state index >= 15 is 0 Å². The third-order valence-corrected chi connectivity index (χ3v) is 8.23. The summed E-state index contributed by atoms with van der Waals surface area (Å²) in [4.78, 5) is 46.1. The van der Waals surface area contributed by atoms with Gasteiger partial charge in [-0.3, -0.25) is 19.3 Å². The topological polar surface area (TPSA) is 93.6 Å². The van der Waals surface area contributed by atoms with Crippen molar-refractivity contribution in [2.24, 2.45) is 5.92 Å². The van der Waals surface area contributed by atoms with Crippen LogP contribution in [-0.2, 0) is 20.8 Å². The number of carboxylic acids is 1. The number of unbranched alkanes of at least 4 members (excludes halogenated alkanes) is 2. The standard InChI is InChI=1S/C30H48N4O5/c1-6-7-15-33(16-9-8-14-31(3)4)28(36)21-34-20-25(23-10-11-27-24(19-23)13-18-39-27)29(30(37)38)26(34)12-17-32(5)22(2)35/h10-11,19,25-26,29H,6-9,12-18,20-21H2,1-5H3,(H,37,38)/t25-,26+,29?/m1/s1. The van der Waals surface area contributed by atoms with Crippen LogP contribution in [0.1, 0.15) is 63.0 Å². The summed E-state index contributed by atoms with van der Waals surface area (Å²) in [5, 5.41) is 10.4. The van der Waals surface area contributed by atoms with Crippen LogP contribution in [0.25, 0.3) is 0 Å². The molecule has 1 unspecified atom stereocenters. The minimum absolute atomic E-state index is 0.0545. The summed E-state index contributed by atoms with van der Waals surface area (Å²) >= 11 is 0. The number of ether oxygens (including phenoxy) is 1. The van der Waals surface area contributed by atoms with Gasteiger partial charge in [0, 0.05) is 58.5 Å². The maximum absolute atomic E-state index is 13.6. The number of rotatable bonds is 15. The Morgan fingerprint density at radius 3 is 2.44 bits per heavy atom. The van der Waals surface area contributed by atoms with Gasteiger partial charge in [0.2, 0.25) is 11.8 Å². The summed E-state index contributed by atoms with van der Waals surface area (Å²) in [7, 11) is 5.85. The zero-order valence-electron chi connectivity index (χ0n) is 24.5. The summed E-state index contributed by atoms with van der Waals surface area (Å²) in [6, 6.07) is 5.67. The Balaban J connectivity index is 1.82. The van der Waals surface area contributed by atoms with Gasteiger partial charge < -0.3 is 24.5 Å². The van der Waals surface area contributed by atoms with Gasteiger partial charge in [-0.1, -0.05) is 25.5 Å².